The predicted octanol–water partition coefficient (Wildman–Crippen LogP) is 1.80. The molecule has 0 aromatic heterocycles. The highest BCUT2D eigenvalue weighted by atomic mass is 32.1. The van der Waals surface area contributed by atoms with Crippen molar-refractivity contribution in [3.63, 3.8) is 0 Å². The number of thiocarbonyl (C=S) groups is 1. The summed E-state index contributed by atoms with van der Waals surface area (Å²) in [5, 5.41) is 0. The molecule has 4 heteroatoms. The van der Waals surface area contributed by atoms with Gasteiger partial charge in [0, 0.05) is 12.5 Å². The van der Waals surface area contributed by atoms with Crippen molar-refractivity contribution in [2.75, 3.05) is 26.2 Å². The maximum Gasteiger partial charge on any atom is 0.0759 e. The van der Waals surface area contributed by atoms with E-state index >= 15 is 0 Å². The van der Waals surface area contributed by atoms with Crippen LogP contribution in [-0.4, -0.2) is 41.7 Å². The molecule has 0 aromatic carbocycles. The first-order valence-electron chi connectivity index (χ1n) is 6.04. The molecule has 94 valence electrons. The average Bonchev–Trinajstić information content (AvgIpc) is 2.16. The summed E-state index contributed by atoms with van der Waals surface area (Å²) in [4.78, 5) is 3.12. The number of piperidine rings is 1. The molecule has 1 fully saturated rings. The summed E-state index contributed by atoms with van der Waals surface area (Å²) in [6, 6.07) is 0. The lowest BCUT2D eigenvalue weighted by Crippen LogP contribution is -2.40. The van der Waals surface area contributed by atoms with Gasteiger partial charge >= 0.3 is 0 Å². The highest BCUT2D eigenvalue weighted by molar-refractivity contribution is 7.80. The lowest BCUT2D eigenvalue weighted by atomic mass is 9.97. The molecule has 0 saturated carbocycles. The van der Waals surface area contributed by atoms with Gasteiger partial charge in [-0.2, -0.15) is 0 Å². The molecule has 0 aromatic rings. The summed E-state index contributed by atoms with van der Waals surface area (Å²) in [6.07, 6.45) is 2.20. The molecule has 0 unspecified atom stereocenters. The Bertz CT molecular complexity index is 230. The van der Waals surface area contributed by atoms with E-state index in [1.807, 2.05) is 0 Å². The Morgan fingerprint density at radius 3 is 2.38 bits per heavy atom. The topological polar surface area (TPSA) is 38.5 Å². The molecule has 16 heavy (non-hydrogen) atoms. The van der Waals surface area contributed by atoms with Crippen molar-refractivity contribution in [2.45, 2.75) is 39.2 Å². The van der Waals surface area contributed by atoms with Crippen LogP contribution >= 0.6 is 12.2 Å². The molecule has 3 nitrogen and oxygen atoms in total. The summed E-state index contributed by atoms with van der Waals surface area (Å²) in [6.45, 7) is 10.3. The van der Waals surface area contributed by atoms with Crippen molar-refractivity contribution >= 4 is 17.2 Å². The number of hydrogen-bond acceptors (Lipinski definition) is 3. The van der Waals surface area contributed by atoms with Gasteiger partial charge < -0.3 is 15.4 Å². The molecular formula is C12H24N2OS. The second kappa shape index (κ2) is 5.94. The predicted molar refractivity (Wildman–Crippen MR) is 71.7 cm³/mol. The standard InChI is InChI=1S/C12H24N2OS/c1-12(2,3)15-9-8-14-6-4-10(5-7-14)11(13)16/h10H,4-9H2,1-3H3,(H2,13,16). The van der Waals surface area contributed by atoms with Gasteiger partial charge in [0.15, 0.2) is 0 Å². The Morgan fingerprint density at radius 1 is 1.38 bits per heavy atom. The van der Waals surface area contributed by atoms with Crippen molar-refractivity contribution < 1.29 is 4.74 Å². The third-order valence-electron chi connectivity index (χ3n) is 2.93. The van der Waals surface area contributed by atoms with Crippen molar-refractivity contribution in [3.8, 4) is 0 Å². The van der Waals surface area contributed by atoms with Crippen LogP contribution in [0.5, 0.6) is 0 Å². The molecule has 1 rings (SSSR count). The molecule has 0 spiro atoms. The van der Waals surface area contributed by atoms with Gasteiger partial charge in [0.05, 0.1) is 17.2 Å². The lowest BCUT2D eigenvalue weighted by molar-refractivity contribution is -0.0153. The Kier molecular flexibility index (Phi) is 5.15. The number of ether oxygens (including phenoxy) is 1. The van der Waals surface area contributed by atoms with E-state index in [9.17, 15) is 0 Å². The summed E-state index contributed by atoms with van der Waals surface area (Å²) in [5.74, 6) is 0.454. The Morgan fingerprint density at radius 2 is 1.94 bits per heavy atom. The fourth-order valence-electron chi connectivity index (χ4n) is 1.92. The average molecular weight is 244 g/mol. The second-order valence-corrected chi connectivity index (χ2v) is 5.95. The third kappa shape index (κ3) is 5.23. The fourth-order valence-corrected chi connectivity index (χ4v) is 2.16. The number of hydrogen-bond donors (Lipinski definition) is 1. The van der Waals surface area contributed by atoms with Gasteiger partial charge in [-0.05, 0) is 46.7 Å². The minimum Gasteiger partial charge on any atom is -0.393 e. The second-order valence-electron chi connectivity index (χ2n) is 5.48. The van der Waals surface area contributed by atoms with Crippen LogP contribution in [0.2, 0.25) is 0 Å². The molecule has 2 N–H and O–H groups in total. The van der Waals surface area contributed by atoms with Crippen LogP contribution in [-0.2, 0) is 4.74 Å². The molecule has 0 bridgehead atoms. The van der Waals surface area contributed by atoms with Crippen LogP contribution in [0.3, 0.4) is 0 Å². The summed E-state index contributed by atoms with van der Waals surface area (Å²) >= 11 is 5.02. The van der Waals surface area contributed by atoms with Gasteiger partial charge in [-0.25, -0.2) is 0 Å². The van der Waals surface area contributed by atoms with Gasteiger partial charge in [-0.1, -0.05) is 12.2 Å². The quantitative estimate of drug-likeness (QED) is 0.765. The molecule has 1 heterocycles. The molecule has 0 aliphatic carbocycles. The van der Waals surface area contributed by atoms with E-state index < -0.39 is 0 Å². The van der Waals surface area contributed by atoms with E-state index in [1.54, 1.807) is 0 Å². The summed E-state index contributed by atoms with van der Waals surface area (Å²) in [5.41, 5.74) is 5.63. The zero-order chi connectivity index (χ0) is 12.2. The SMILES string of the molecule is CC(C)(C)OCCN1CCC(C(N)=S)CC1. The third-order valence-corrected chi connectivity index (χ3v) is 3.27. The normalized spacial score (nSPS) is 19.9. The van der Waals surface area contributed by atoms with Crippen LogP contribution < -0.4 is 5.73 Å². The maximum absolute atomic E-state index is 5.71. The van der Waals surface area contributed by atoms with Gasteiger partial charge in [-0.3, -0.25) is 0 Å². The molecule has 0 radical (unpaired) electrons. The van der Waals surface area contributed by atoms with E-state index in [2.05, 4.69) is 25.7 Å². The molecule has 1 aliphatic heterocycles. The first-order valence-corrected chi connectivity index (χ1v) is 6.45. The van der Waals surface area contributed by atoms with Crippen molar-refractivity contribution in [3.05, 3.63) is 0 Å². The number of nitrogens with zero attached hydrogens (tertiary/aromatic N) is 1. The summed E-state index contributed by atoms with van der Waals surface area (Å²) in [7, 11) is 0. The highest BCUT2D eigenvalue weighted by Gasteiger charge is 2.21. The van der Waals surface area contributed by atoms with Gasteiger partial charge in [-0.15, -0.1) is 0 Å². The van der Waals surface area contributed by atoms with Crippen molar-refractivity contribution in [1.29, 1.82) is 0 Å². The van der Waals surface area contributed by atoms with Gasteiger partial charge in [0.25, 0.3) is 0 Å². The van der Waals surface area contributed by atoms with E-state index in [1.165, 1.54) is 0 Å². The smallest absolute Gasteiger partial charge is 0.0759 e. The first kappa shape index (κ1) is 13.9. The maximum atomic E-state index is 5.71. The van der Waals surface area contributed by atoms with E-state index in [4.69, 9.17) is 22.7 Å². The van der Waals surface area contributed by atoms with E-state index in [-0.39, 0.29) is 5.60 Å². The van der Waals surface area contributed by atoms with E-state index in [0.29, 0.717) is 10.9 Å². The number of nitrogens with two attached hydrogens (primary N) is 1. The summed E-state index contributed by atoms with van der Waals surface area (Å²) < 4.78 is 5.71. The first-order chi connectivity index (χ1) is 7.38. The van der Waals surface area contributed by atoms with E-state index in [0.717, 1.165) is 39.1 Å². The monoisotopic (exact) mass is 244 g/mol. The van der Waals surface area contributed by atoms with Crippen LogP contribution in [0.1, 0.15) is 33.6 Å². The van der Waals surface area contributed by atoms with Crippen LogP contribution in [0.15, 0.2) is 0 Å². The minimum atomic E-state index is -0.0306. The van der Waals surface area contributed by atoms with Crippen LogP contribution in [0, 0.1) is 5.92 Å². The van der Waals surface area contributed by atoms with Crippen LogP contribution in [0.4, 0.5) is 0 Å². The minimum absolute atomic E-state index is 0.0306. The van der Waals surface area contributed by atoms with Crippen LogP contribution in [0.25, 0.3) is 0 Å². The Labute approximate surface area is 104 Å². The van der Waals surface area contributed by atoms with Gasteiger partial charge in [0.1, 0.15) is 0 Å². The Balaban J connectivity index is 2.15. The molecule has 0 atom stereocenters. The number of likely N-dealkylation sites (tertiary alicyclic amines) is 1. The zero-order valence-electron chi connectivity index (χ0n) is 10.7. The fraction of sp³-hybridized carbons (Fsp3) is 0.917. The van der Waals surface area contributed by atoms with Crippen molar-refractivity contribution in [2.24, 2.45) is 11.7 Å². The molecule has 0 amide bonds. The Hall–Kier alpha value is -0.190. The highest BCUT2D eigenvalue weighted by Crippen LogP contribution is 2.17. The molecule has 1 saturated heterocycles. The largest absolute Gasteiger partial charge is 0.393 e. The molecular weight excluding hydrogens is 220 g/mol. The molecule has 1 aliphatic rings. The lowest BCUT2D eigenvalue weighted by Gasteiger charge is -2.32. The van der Waals surface area contributed by atoms with Crippen molar-refractivity contribution in [1.82, 2.24) is 4.90 Å². The van der Waals surface area contributed by atoms with Gasteiger partial charge in [0.2, 0.25) is 0 Å². The zero-order valence-corrected chi connectivity index (χ0v) is 11.5. The number of rotatable bonds is 4.